The number of thiophene rings is 1. The summed E-state index contributed by atoms with van der Waals surface area (Å²) in [6.45, 7) is 0. The molecule has 1 aromatic heterocycles. The highest BCUT2D eigenvalue weighted by Gasteiger charge is 2.28. The van der Waals surface area contributed by atoms with Gasteiger partial charge in [0.2, 0.25) is 0 Å². The molecule has 22 heavy (non-hydrogen) atoms. The van der Waals surface area contributed by atoms with E-state index in [0.29, 0.717) is 10.6 Å². The molecule has 0 saturated heterocycles. The Kier molecular flexibility index (Phi) is 4.95. The molecule has 1 aromatic carbocycles. The summed E-state index contributed by atoms with van der Waals surface area (Å²) in [5, 5.41) is 1.93. The van der Waals surface area contributed by atoms with E-state index in [4.69, 9.17) is 11.6 Å². The van der Waals surface area contributed by atoms with E-state index in [1.807, 2.05) is 0 Å². The lowest BCUT2D eigenvalue weighted by molar-refractivity contribution is 0.0558. The molecular formula is C15H11ClO5S. The first-order valence-electron chi connectivity index (χ1n) is 6.08. The zero-order valence-corrected chi connectivity index (χ0v) is 13.3. The number of carbonyl (C=O) groups excluding carboxylic acids is 3. The maximum Gasteiger partial charge on any atom is 0.348 e. The van der Waals surface area contributed by atoms with Crippen molar-refractivity contribution in [2.24, 2.45) is 0 Å². The van der Waals surface area contributed by atoms with Crippen LogP contribution in [0.3, 0.4) is 0 Å². The molecule has 0 aliphatic rings. The standard InChI is InChI=1S/C15H11ClO5S/c1-20-14(18)11-10(7-22-13(11)15(19)21-2)12(17)8-3-5-9(16)6-4-8/h3-7H,1-2H3. The quantitative estimate of drug-likeness (QED) is 0.632. The van der Waals surface area contributed by atoms with Crippen LogP contribution in [0.25, 0.3) is 0 Å². The minimum absolute atomic E-state index is 0.0339. The molecule has 0 N–H and O–H groups in total. The summed E-state index contributed by atoms with van der Waals surface area (Å²) in [6, 6.07) is 6.22. The van der Waals surface area contributed by atoms with E-state index < -0.39 is 17.7 Å². The smallest absolute Gasteiger partial charge is 0.348 e. The second-order valence-electron chi connectivity index (χ2n) is 4.17. The highest BCUT2D eigenvalue weighted by molar-refractivity contribution is 7.12. The maximum atomic E-state index is 12.5. The summed E-state index contributed by atoms with van der Waals surface area (Å²) in [7, 11) is 2.38. The van der Waals surface area contributed by atoms with E-state index in [9.17, 15) is 14.4 Å². The van der Waals surface area contributed by atoms with Crippen LogP contribution < -0.4 is 0 Å². The second kappa shape index (κ2) is 6.72. The normalized spacial score (nSPS) is 10.1. The molecule has 2 rings (SSSR count). The number of hydrogen-bond acceptors (Lipinski definition) is 6. The van der Waals surface area contributed by atoms with Crippen molar-refractivity contribution < 1.29 is 23.9 Å². The molecule has 0 amide bonds. The van der Waals surface area contributed by atoms with Gasteiger partial charge < -0.3 is 9.47 Å². The van der Waals surface area contributed by atoms with Gasteiger partial charge in [-0.1, -0.05) is 11.6 Å². The zero-order valence-electron chi connectivity index (χ0n) is 11.7. The van der Waals surface area contributed by atoms with Crippen LogP contribution in [0.15, 0.2) is 29.6 Å². The van der Waals surface area contributed by atoms with Crippen LogP contribution in [-0.4, -0.2) is 31.9 Å². The summed E-state index contributed by atoms with van der Waals surface area (Å²) in [5.41, 5.74) is 0.364. The van der Waals surface area contributed by atoms with E-state index in [0.717, 1.165) is 11.3 Å². The summed E-state index contributed by atoms with van der Waals surface area (Å²) in [6.07, 6.45) is 0. The van der Waals surface area contributed by atoms with Gasteiger partial charge in [0, 0.05) is 21.5 Å². The third kappa shape index (κ3) is 3.03. The van der Waals surface area contributed by atoms with Crippen molar-refractivity contribution in [3.8, 4) is 0 Å². The fourth-order valence-electron chi connectivity index (χ4n) is 1.83. The zero-order chi connectivity index (χ0) is 16.3. The van der Waals surface area contributed by atoms with E-state index in [-0.39, 0.29) is 16.0 Å². The van der Waals surface area contributed by atoms with Gasteiger partial charge in [-0.3, -0.25) is 4.79 Å². The Morgan fingerprint density at radius 1 is 1.00 bits per heavy atom. The number of ether oxygens (including phenoxy) is 2. The average molecular weight is 339 g/mol. The van der Waals surface area contributed by atoms with E-state index in [1.165, 1.54) is 19.6 Å². The van der Waals surface area contributed by atoms with Crippen LogP contribution >= 0.6 is 22.9 Å². The Morgan fingerprint density at radius 2 is 1.59 bits per heavy atom. The monoisotopic (exact) mass is 338 g/mol. The molecule has 0 unspecified atom stereocenters. The van der Waals surface area contributed by atoms with Crippen molar-refractivity contribution in [2.45, 2.75) is 0 Å². The van der Waals surface area contributed by atoms with E-state index >= 15 is 0 Å². The SMILES string of the molecule is COC(=O)c1scc(C(=O)c2ccc(Cl)cc2)c1C(=O)OC. The average Bonchev–Trinajstić information content (AvgIpc) is 2.98. The summed E-state index contributed by atoms with van der Waals surface area (Å²) in [5.74, 6) is -1.86. The molecular weight excluding hydrogens is 328 g/mol. The molecule has 2 aromatic rings. The van der Waals surface area contributed by atoms with Crippen LogP contribution in [0, 0.1) is 0 Å². The molecule has 0 aliphatic carbocycles. The molecule has 0 spiro atoms. The lowest BCUT2D eigenvalue weighted by atomic mass is 10.0. The van der Waals surface area contributed by atoms with Gasteiger partial charge in [0.05, 0.1) is 19.8 Å². The largest absolute Gasteiger partial charge is 0.465 e. The maximum absolute atomic E-state index is 12.5. The van der Waals surface area contributed by atoms with Gasteiger partial charge in [0.1, 0.15) is 4.88 Å². The molecule has 0 bridgehead atoms. The van der Waals surface area contributed by atoms with Crippen LogP contribution in [0.4, 0.5) is 0 Å². The topological polar surface area (TPSA) is 69.7 Å². The number of carbonyl (C=O) groups is 3. The summed E-state index contributed by atoms with van der Waals surface area (Å²) >= 11 is 6.74. The molecule has 7 heteroatoms. The van der Waals surface area contributed by atoms with Gasteiger partial charge in [-0.15, -0.1) is 11.3 Å². The molecule has 1 heterocycles. The third-order valence-electron chi connectivity index (χ3n) is 2.90. The Labute approximate surface area is 135 Å². The predicted octanol–water partition coefficient (Wildman–Crippen LogP) is 3.21. The lowest BCUT2D eigenvalue weighted by Crippen LogP contribution is -2.13. The van der Waals surface area contributed by atoms with Crippen molar-refractivity contribution in [3.63, 3.8) is 0 Å². The lowest BCUT2D eigenvalue weighted by Gasteiger charge is -2.05. The number of methoxy groups -OCH3 is 2. The third-order valence-corrected chi connectivity index (χ3v) is 4.11. The number of esters is 2. The van der Waals surface area contributed by atoms with Crippen LogP contribution in [0.2, 0.25) is 5.02 Å². The molecule has 5 nitrogen and oxygen atoms in total. The molecule has 0 fully saturated rings. The highest BCUT2D eigenvalue weighted by atomic mass is 35.5. The van der Waals surface area contributed by atoms with Crippen LogP contribution in [-0.2, 0) is 9.47 Å². The van der Waals surface area contributed by atoms with Crippen LogP contribution in [0.5, 0.6) is 0 Å². The Hall–Kier alpha value is -2.18. The molecule has 0 aliphatic heterocycles. The highest BCUT2D eigenvalue weighted by Crippen LogP contribution is 2.27. The minimum Gasteiger partial charge on any atom is -0.465 e. The number of halogens is 1. The molecule has 0 radical (unpaired) electrons. The van der Waals surface area contributed by atoms with Gasteiger partial charge in [-0.2, -0.15) is 0 Å². The predicted molar refractivity (Wildman–Crippen MR) is 81.9 cm³/mol. The van der Waals surface area contributed by atoms with E-state index in [2.05, 4.69) is 9.47 Å². The molecule has 0 atom stereocenters. The Bertz CT molecular complexity index is 733. The van der Waals surface area contributed by atoms with Crippen LogP contribution in [0.1, 0.15) is 36.0 Å². The first kappa shape index (κ1) is 16.2. The van der Waals surface area contributed by atoms with Gasteiger partial charge >= 0.3 is 11.9 Å². The summed E-state index contributed by atoms with van der Waals surface area (Å²) in [4.78, 5) is 36.2. The second-order valence-corrected chi connectivity index (χ2v) is 5.49. The molecule has 114 valence electrons. The number of benzene rings is 1. The van der Waals surface area contributed by atoms with E-state index in [1.54, 1.807) is 24.3 Å². The fraction of sp³-hybridized carbons (Fsp3) is 0.133. The first-order valence-corrected chi connectivity index (χ1v) is 7.33. The Morgan fingerprint density at radius 3 is 2.14 bits per heavy atom. The van der Waals surface area contributed by atoms with Gasteiger partial charge in [-0.05, 0) is 24.3 Å². The number of ketones is 1. The number of hydrogen-bond donors (Lipinski definition) is 0. The van der Waals surface area contributed by atoms with Gasteiger partial charge in [0.15, 0.2) is 5.78 Å². The van der Waals surface area contributed by atoms with Crippen molar-refractivity contribution in [3.05, 3.63) is 56.2 Å². The number of rotatable bonds is 4. The molecule has 0 saturated carbocycles. The minimum atomic E-state index is -0.765. The van der Waals surface area contributed by atoms with Crippen molar-refractivity contribution in [1.29, 1.82) is 0 Å². The first-order chi connectivity index (χ1) is 10.5. The van der Waals surface area contributed by atoms with Gasteiger partial charge in [-0.25, -0.2) is 9.59 Å². The van der Waals surface area contributed by atoms with Crippen molar-refractivity contribution >= 4 is 40.7 Å². The summed E-state index contributed by atoms with van der Waals surface area (Å²) < 4.78 is 9.28. The fourth-order valence-corrected chi connectivity index (χ4v) is 2.91. The Balaban J connectivity index is 2.53. The van der Waals surface area contributed by atoms with Crippen molar-refractivity contribution in [1.82, 2.24) is 0 Å². The van der Waals surface area contributed by atoms with Crippen molar-refractivity contribution in [2.75, 3.05) is 14.2 Å². The van der Waals surface area contributed by atoms with Gasteiger partial charge in [0.25, 0.3) is 0 Å².